The number of nitrogens with zero attached hydrogens (tertiary/aromatic N) is 1. The molecule has 1 rings (SSSR count). The number of rotatable bonds is 4. The highest BCUT2D eigenvalue weighted by Gasteiger charge is 1.97. The SMILES string of the molecule is C=C(CC)Nc1cncc(SF)c1. The Hall–Kier alpha value is -1.03. The highest BCUT2D eigenvalue weighted by molar-refractivity contribution is 7.94. The lowest BCUT2D eigenvalue weighted by atomic mass is 10.3. The zero-order chi connectivity index (χ0) is 9.68. The summed E-state index contributed by atoms with van der Waals surface area (Å²) in [6.45, 7) is 5.78. The normalized spacial score (nSPS) is 9.69. The molecule has 2 nitrogen and oxygen atoms in total. The van der Waals surface area contributed by atoms with E-state index in [0.29, 0.717) is 4.90 Å². The standard InChI is InChI=1S/C9H11FN2S/c1-3-7(2)12-8-4-9(13-10)6-11-5-8/h4-6,12H,2-3H2,1H3. The predicted molar refractivity (Wildman–Crippen MR) is 54.3 cm³/mol. The Balaban J connectivity index is 2.71. The molecule has 0 atom stereocenters. The molecular formula is C9H11FN2S. The van der Waals surface area contributed by atoms with E-state index in [9.17, 15) is 3.89 Å². The Morgan fingerprint density at radius 3 is 3.08 bits per heavy atom. The van der Waals surface area contributed by atoms with Gasteiger partial charge in [-0.1, -0.05) is 13.5 Å². The second kappa shape index (κ2) is 4.87. The molecule has 0 saturated carbocycles. The third-order valence-corrected chi connectivity index (χ3v) is 1.95. The van der Waals surface area contributed by atoms with E-state index >= 15 is 0 Å². The minimum Gasteiger partial charge on any atom is -0.358 e. The van der Waals surface area contributed by atoms with Crippen LogP contribution in [0.3, 0.4) is 0 Å². The summed E-state index contributed by atoms with van der Waals surface area (Å²) < 4.78 is 12.2. The van der Waals surface area contributed by atoms with Gasteiger partial charge in [0, 0.05) is 11.9 Å². The third-order valence-electron chi connectivity index (χ3n) is 1.55. The Labute approximate surface area is 81.6 Å². The maximum absolute atomic E-state index is 12.2. The fourth-order valence-corrected chi connectivity index (χ4v) is 1.09. The zero-order valence-corrected chi connectivity index (χ0v) is 8.20. The summed E-state index contributed by atoms with van der Waals surface area (Å²) in [4.78, 5) is 4.37. The molecule has 0 fully saturated rings. The maximum atomic E-state index is 12.2. The van der Waals surface area contributed by atoms with E-state index in [4.69, 9.17) is 0 Å². The Morgan fingerprint density at radius 2 is 2.46 bits per heavy atom. The van der Waals surface area contributed by atoms with E-state index in [0.717, 1.165) is 17.8 Å². The van der Waals surface area contributed by atoms with Gasteiger partial charge in [0.05, 0.1) is 28.9 Å². The summed E-state index contributed by atoms with van der Waals surface area (Å²) in [5.74, 6) is 0. The van der Waals surface area contributed by atoms with E-state index in [1.54, 1.807) is 12.3 Å². The molecule has 0 aliphatic rings. The quantitative estimate of drug-likeness (QED) is 0.802. The molecule has 0 bridgehead atoms. The summed E-state index contributed by atoms with van der Waals surface area (Å²) >= 11 is 0.185. The monoisotopic (exact) mass is 198 g/mol. The van der Waals surface area contributed by atoms with Gasteiger partial charge in [0.25, 0.3) is 0 Å². The van der Waals surface area contributed by atoms with Crippen molar-refractivity contribution in [3.8, 4) is 0 Å². The molecule has 0 spiro atoms. The van der Waals surface area contributed by atoms with Crippen LogP contribution in [0.2, 0.25) is 0 Å². The Bertz CT molecular complexity index is 301. The predicted octanol–water partition coefficient (Wildman–Crippen LogP) is 3.39. The first-order valence-electron chi connectivity index (χ1n) is 3.94. The van der Waals surface area contributed by atoms with Gasteiger partial charge in [-0.25, -0.2) is 0 Å². The van der Waals surface area contributed by atoms with Crippen LogP contribution in [-0.2, 0) is 0 Å². The lowest BCUT2D eigenvalue weighted by Gasteiger charge is -2.06. The molecule has 70 valence electrons. The molecule has 4 heteroatoms. The largest absolute Gasteiger partial charge is 0.358 e. The fourth-order valence-electron chi connectivity index (χ4n) is 0.822. The van der Waals surface area contributed by atoms with Gasteiger partial charge < -0.3 is 5.32 Å². The van der Waals surface area contributed by atoms with Gasteiger partial charge in [0.1, 0.15) is 0 Å². The summed E-state index contributed by atoms with van der Waals surface area (Å²) in [6.07, 6.45) is 3.96. The molecule has 0 aromatic carbocycles. The Morgan fingerprint density at radius 1 is 1.69 bits per heavy atom. The molecule has 1 aromatic heterocycles. The molecule has 0 aliphatic carbocycles. The van der Waals surface area contributed by atoms with Gasteiger partial charge >= 0.3 is 0 Å². The molecule has 1 N–H and O–H groups in total. The minimum absolute atomic E-state index is 0.185. The molecular weight excluding hydrogens is 187 g/mol. The van der Waals surface area contributed by atoms with Gasteiger partial charge in [-0.15, -0.1) is 0 Å². The molecule has 0 unspecified atom stereocenters. The van der Waals surface area contributed by atoms with Crippen LogP contribution in [0.1, 0.15) is 13.3 Å². The summed E-state index contributed by atoms with van der Waals surface area (Å²) in [5.41, 5.74) is 1.66. The van der Waals surface area contributed by atoms with Crippen LogP contribution < -0.4 is 5.32 Å². The van der Waals surface area contributed by atoms with Crippen LogP contribution in [0.4, 0.5) is 9.57 Å². The molecule has 0 aliphatic heterocycles. The summed E-state index contributed by atoms with van der Waals surface area (Å²) in [6, 6.07) is 1.69. The third kappa shape index (κ3) is 3.06. The average molecular weight is 198 g/mol. The van der Waals surface area contributed by atoms with E-state index in [1.165, 1.54) is 6.20 Å². The smallest absolute Gasteiger partial charge is 0.0829 e. The molecule has 0 radical (unpaired) electrons. The number of hydrogen-bond donors (Lipinski definition) is 1. The van der Waals surface area contributed by atoms with Crippen LogP contribution in [0, 0.1) is 0 Å². The first-order chi connectivity index (χ1) is 6.26. The van der Waals surface area contributed by atoms with Crippen molar-refractivity contribution in [2.24, 2.45) is 0 Å². The molecule has 1 heterocycles. The van der Waals surface area contributed by atoms with Gasteiger partial charge in [-0.3, -0.25) is 4.98 Å². The highest BCUT2D eigenvalue weighted by Crippen LogP contribution is 2.21. The topological polar surface area (TPSA) is 24.9 Å². The van der Waals surface area contributed by atoms with Gasteiger partial charge in [0.2, 0.25) is 0 Å². The Kier molecular flexibility index (Phi) is 3.76. The molecule has 1 aromatic rings. The van der Waals surface area contributed by atoms with Crippen molar-refractivity contribution in [3.63, 3.8) is 0 Å². The van der Waals surface area contributed by atoms with Crippen molar-refractivity contribution < 1.29 is 3.89 Å². The van der Waals surface area contributed by atoms with Crippen LogP contribution in [-0.4, -0.2) is 4.98 Å². The van der Waals surface area contributed by atoms with Crippen LogP contribution >= 0.6 is 12.1 Å². The van der Waals surface area contributed by atoms with Crippen molar-refractivity contribution >= 4 is 17.8 Å². The lowest BCUT2D eigenvalue weighted by Crippen LogP contribution is -1.96. The van der Waals surface area contributed by atoms with Crippen molar-refractivity contribution in [1.29, 1.82) is 0 Å². The van der Waals surface area contributed by atoms with Crippen LogP contribution in [0.15, 0.2) is 35.6 Å². The summed E-state index contributed by atoms with van der Waals surface area (Å²) in [5, 5.41) is 3.03. The molecule has 13 heavy (non-hydrogen) atoms. The highest BCUT2D eigenvalue weighted by atomic mass is 32.2. The minimum atomic E-state index is 0.185. The number of anilines is 1. The van der Waals surface area contributed by atoms with Crippen LogP contribution in [0.5, 0.6) is 0 Å². The zero-order valence-electron chi connectivity index (χ0n) is 7.38. The first kappa shape index (κ1) is 10.1. The van der Waals surface area contributed by atoms with Crippen molar-refractivity contribution in [1.82, 2.24) is 4.98 Å². The van der Waals surface area contributed by atoms with E-state index in [1.807, 2.05) is 6.92 Å². The van der Waals surface area contributed by atoms with Crippen LogP contribution in [0.25, 0.3) is 0 Å². The average Bonchev–Trinajstić information content (AvgIpc) is 2.18. The van der Waals surface area contributed by atoms with E-state index < -0.39 is 0 Å². The first-order valence-corrected chi connectivity index (χ1v) is 4.66. The van der Waals surface area contributed by atoms with Gasteiger partial charge in [-0.05, 0) is 12.5 Å². The lowest BCUT2D eigenvalue weighted by molar-refractivity contribution is 0.932. The number of pyridine rings is 1. The van der Waals surface area contributed by atoms with Gasteiger partial charge in [-0.2, -0.15) is 3.89 Å². The van der Waals surface area contributed by atoms with E-state index in [-0.39, 0.29) is 12.1 Å². The number of allylic oxidation sites excluding steroid dienone is 1. The van der Waals surface area contributed by atoms with Crippen molar-refractivity contribution in [3.05, 3.63) is 30.7 Å². The summed E-state index contributed by atoms with van der Waals surface area (Å²) in [7, 11) is 0. The molecule has 0 amide bonds. The number of halogens is 1. The number of hydrogen-bond acceptors (Lipinski definition) is 3. The number of aromatic nitrogens is 1. The number of nitrogens with one attached hydrogen (secondary N) is 1. The maximum Gasteiger partial charge on any atom is 0.0829 e. The van der Waals surface area contributed by atoms with Crippen molar-refractivity contribution in [2.45, 2.75) is 18.2 Å². The van der Waals surface area contributed by atoms with Gasteiger partial charge in [0.15, 0.2) is 0 Å². The fraction of sp³-hybridized carbons (Fsp3) is 0.222. The van der Waals surface area contributed by atoms with Crippen molar-refractivity contribution in [2.75, 3.05) is 5.32 Å². The molecule has 0 saturated heterocycles. The van der Waals surface area contributed by atoms with E-state index in [2.05, 4.69) is 16.9 Å². The second-order valence-corrected chi connectivity index (χ2v) is 3.19. The second-order valence-electron chi connectivity index (χ2n) is 2.57.